The normalized spacial score (nSPS) is 10.7. The predicted molar refractivity (Wildman–Crippen MR) is 114 cm³/mol. The molecule has 29 heavy (non-hydrogen) atoms. The van der Waals surface area contributed by atoms with Crippen LogP contribution in [0.5, 0.6) is 11.5 Å². The van der Waals surface area contributed by atoms with Crippen molar-refractivity contribution in [1.29, 1.82) is 0 Å². The van der Waals surface area contributed by atoms with E-state index in [4.69, 9.17) is 21.1 Å². The summed E-state index contributed by atoms with van der Waals surface area (Å²) in [5.41, 5.74) is 2.37. The summed E-state index contributed by atoms with van der Waals surface area (Å²) < 4.78 is 11.4. The number of nitrogens with zero attached hydrogens (tertiary/aromatic N) is 3. The molecule has 4 aromatic rings. The van der Waals surface area contributed by atoms with E-state index in [0.717, 1.165) is 22.3 Å². The monoisotopic (exact) mass is 405 g/mol. The summed E-state index contributed by atoms with van der Waals surface area (Å²) >= 11 is 6.41. The third kappa shape index (κ3) is 4.38. The van der Waals surface area contributed by atoms with Gasteiger partial charge in [-0.25, -0.2) is 9.97 Å². The standard InChI is InChI=1S/C22H18ClN4O2/c1-2-28-20-8-5-7-18-21(20)22(26-14-25-18)27-15-9-10-19(17(23)12-15)29-13-16-6-3-4-11-24-16/h3-12,14H,1-2,13H2,(H,25,26,27). The van der Waals surface area contributed by atoms with Crippen LogP contribution in [0, 0.1) is 6.92 Å². The number of benzene rings is 2. The molecule has 0 bridgehead atoms. The second-order valence-electron chi connectivity index (χ2n) is 6.10. The maximum atomic E-state index is 6.41. The molecule has 1 radical (unpaired) electrons. The number of hydrogen-bond acceptors (Lipinski definition) is 6. The first-order valence-corrected chi connectivity index (χ1v) is 9.37. The van der Waals surface area contributed by atoms with Crippen molar-refractivity contribution in [3.63, 3.8) is 0 Å². The van der Waals surface area contributed by atoms with Crippen molar-refractivity contribution in [2.75, 3.05) is 11.9 Å². The third-order valence-electron chi connectivity index (χ3n) is 4.18. The number of aromatic nitrogens is 3. The average Bonchev–Trinajstić information content (AvgIpc) is 2.74. The lowest BCUT2D eigenvalue weighted by molar-refractivity contribution is 0.301. The van der Waals surface area contributed by atoms with Crippen LogP contribution in [0.4, 0.5) is 11.5 Å². The fourth-order valence-electron chi connectivity index (χ4n) is 2.87. The Morgan fingerprint density at radius 1 is 0.931 bits per heavy atom. The second kappa shape index (κ2) is 8.75. The van der Waals surface area contributed by atoms with Crippen LogP contribution in [-0.4, -0.2) is 21.6 Å². The van der Waals surface area contributed by atoms with Gasteiger partial charge < -0.3 is 14.8 Å². The molecular weight excluding hydrogens is 388 g/mol. The van der Waals surface area contributed by atoms with E-state index in [9.17, 15) is 0 Å². The van der Waals surface area contributed by atoms with Gasteiger partial charge in [-0.2, -0.15) is 0 Å². The molecule has 2 aromatic carbocycles. The van der Waals surface area contributed by atoms with Gasteiger partial charge in [-0.15, -0.1) is 0 Å². The molecule has 0 saturated carbocycles. The molecule has 2 heterocycles. The summed E-state index contributed by atoms with van der Waals surface area (Å²) in [6, 6.07) is 16.8. The molecule has 0 aliphatic carbocycles. The molecule has 0 fully saturated rings. The fraction of sp³-hybridized carbons (Fsp3) is 0.0909. The molecule has 0 atom stereocenters. The van der Waals surface area contributed by atoms with Gasteiger partial charge in [0.25, 0.3) is 0 Å². The smallest absolute Gasteiger partial charge is 0.145 e. The van der Waals surface area contributed by atoms with Crippen LogP contribution in [0.2, 0.25) is 5.02 Å². The van der Waals surface area contributed by atoms with Crippen LogP contribution in [-0.2, 0) is 6.61 Å². The van der Waals surface area contributed by atoms with E-state index in [1.807, 2.05) is 48.5 Å². The van der Waals surface area contributed by atoms with Crippen molar-refractivity contribution in [2.24, 2.45) is 0 Å². The van der Waals surface area contributed by atoms with Gasteiger partial charge in [-0.3, -0.25) is 4.98 Å². The summed E-state index contributed by atoms with van der Waals surface area (Å²) in [4.78, 5) is 12.9. The number of anilines is 2. The zero-order valence-corrected chi connectivity index (χ0v) is 16.3. The zero-order valence-electron chi connectivity index (χ0n) is 15.5. The number of nitrogens with one attached hydrogen (secondary N) is 1. The van der Waals surface area contributed by atoms with E-state index < -0.39 is 0 Å². The Morgan fingerprint density at radius 3 is 2.66 bits per heavy atom. The van der Waals surface area contributed by atoms with Gasteiger partial charge in [-0.05, 0) is 49.4 Å². The van der Waals surface area contributed by atoms with E-state index in [1.54, 1.807) is 12.3 Å². The van der Waals surface area contributed by atoms with Gasteiger partial charge in [0.05, 0.1) is 28.2 Å². The first kappa shape index (κ1) is 19.0. The largest absolute Gasteiger partial charge is 0.493 e. The van der Waals surface area contributed by atoms with E-state index in [2.05, 4.69) is 27.2 Å². The number of pyridine rings is 1. The van der Waals surface area contributed by atoms with Crippen LogP contribution in [0.15, 0.2) is 67.1 Å². The average molecular weight is 406 g/mol. The van der Waals surface area contributed by atoms with Crippen LogP contribution in [0.25, 0.3) is 10.9 Å². The van der Waals surface area contributed by atoms with Gasteiger partial charge in [0.1, 0.15) is 30.3 Å². The molecule has 145 valence electrons. The molecule has 0 amide bonds. The molecule has 0 aliphatic rings. The molecule has 0 saturated heterocycles. The number of halogens is 1. The quantitative estimate of drug-likeness (QED) is 0.455. The van der Waals surface area contributed by atoms with Crippen molar-refractivity contribution < 1.29 is 9.47 Å². The van der Waals surface area contributed by atoms with Gasteiger partial charge >= 0.3 is 0 Å². The topological polar surface area (TPSA) is 69.2 Å². The van der Waals surface area contributed by atoms with Crippen molar-refractivity contribution in [2.45, 2.75) is 6.61 Å². The fourth-order valence-corrected chi connectivity index (χ4v) is 3.11. The van der Waals surface area contributed by atoms with E-state index in [-0.39, 0.29) is 0 Å². The maximum Gasteiger partial charge on any atom is 0.145 e. The maximum absolute atomic E-state index is 6.41. The van der Waals surface area contributed by atoms with E-state index >= 15 is 0 Å². The lowest BCUT2D eigenvalue weighted by Gasteiger charge is -2.13. The molecular formula is C22H18ClN4O2. The second-order valence-corrected chi connectivity index (χ2v) is 6.51. The van der Waals surface area contributed by atoms with Gasteiger partial charge in [-0.1, -0.05) is 23.7 Å². The summed E-state index contributed by atoms with van der Waals surface area (Å²) in [7, 11) is 0. The third-order valence-corrected chi connectivity index (χ3v) is 4.47. The molecule has 0 aliphatic heterocycles. The summed E-state index contributed by atoms with van der Waals surface area (Å²) in [6.07, 6.45) is 3.23. The Hall–Kier alpha value is -3.38. The van der Waals surface area contributed by atoms with Crippen LogP contribution in [0.1, 0.15) is 5.69 Å². The van der Waals surface area contributed by atoms with E-state index in [1.165, 1.54) is 6.33 Å². The minimum Gasteiger partial charge on any atom is -0.493 e. The summed E-state index contributed by atoms with van der Waals surface area (Å²) in [5.74, 6) is 1.87. The highest BCUT2D eigenvalue weighted by atomic mass is 35.5. The lowest BCUT2D eigenvalue weighted by atomic mass is 10.2. The molecule has 0 spiro atoms. The molecule has 7 heteroatoms. The van der Waals surface area contributed by atoms with Gasteiger partial charge in [0.15, 0.2) is 0 Å². The predicted octanol–water partition coefficient (Wildman–Crippen LogP) is 5.21. The highest BCUT2D eigenvalue weighted by Gasteiger charge is 2.11. The summed E-state index contributed by atoms with van der Waals surface area (Å²) in [6.45, 7) is 4.39. The Morgan fingerprint density at radius 2 is 1.86 bits per heavy atom. The zero-order chi connectivity index (χ0) is 20.1. The Balaban J connectivity index is 1.56. The Labute approximate surface area is 173 Å². The molecule has 1 N–H and O–H groups in total. The van der Waals surface area contributed by atoms with Gasteiger partial charge in [0, 0.05) is 11.9 Å². The van der Waals surface area contributed by atoms with Crippen molar-refractivity contribution >= 4 is 34.0 Å². The minimum atomic E-state index is 0.307. The molecule has 0 unspecified atom stereocenters. The first-order chi connectivity index (χ1) is 14.2. The Bertz CT molecular complexity index is 1120. The molecule has 4 rings (SSSR count). The SMILES string of the molecule is [CH2]COc1cccc2ncnc(Nc3ccc(OCc4ccccn4)c(Cl)c3)c12. The highest BCUT2D eigenvalue weighted by Crippen LogP contribution is 2.34. The van der Waals surface area contributed by atoms with Crippen molar-refractivity contribution in [1.82, 2.24) is 15.0 Å². The summed E-state index contributed by atoms with van der Waals surface area (Å²) in [5, 5.41) is 4.55. The van der Waals surface area contributed by atoms with Crippen LogP contribution < -0.4 is 14.8 Å². The highest BCUT2D eigenvalue weighted by molar-refractivity contribution is 6.32. The number of rotatable bonds is 7. The first-order valence-electron chi connectivity index (χ1n) is 8.99. The van der Waals surface area contributed by atoms with Crippen molar-refractivity contribution in [3.05, 3.63) is 84.8 Å². The minimum absolute atomic E-state index is 0.307. The van der Waals surface area contributed by atoms with Gasteiger partial charge in [0.2, 0.25) is 0 Å². The number of hydrogen-bond donors (Lipinski definition) is 1. The number of fused-ring (bicyclic) bond motifs is 1. The number of ether oxygens (including phenoxy) is 2. The van der Waals surface area contributed by atoms with Crippen molar-refractivity contribution in [3.8, 4) is 11.5 Å². The lowest BCUT2D eigenvalue weighted by Crippen LogP contribution is -2.00. The molecule has 2 aromatic heterocycles. The van der Waals surface area contributed by atoms with E-state index in [0.29, 0.717) is 35.6 Å². The van der Waals surface area contributed by atoms with Crippen LogP contribution in [0.3, 0.4) is 0 Å². The Kier molecular flexibility index (Phi) is 5.72. The van der Waals surface area contributed by atoms with Crippen LogP contribution >= 0.6 is 11.6 Å². The molecule has 6 nitrogen and oxygen atoms in total.